The highest BCUT2D eigenvalue weighted by atomic mass is 35.5. The summed E-state index contributed by atoms with van der Waals surface area (Å²) >= 11 is 7.39. The number of aryl methyl sites for hydroxylation is 2. The molecular weight excluding hydrogens is 306 g/mol. The molecule has 0 fully saturated rings. The number of nitrogens with one attached hydrogen (secondary N) is 1. The van der Waals surface area contributed by atoms with Gasteiger partial charge in [-0.3, -0.25) is 10.1 Å². The Hall–Kier alpha value is -1.98. The van der Waals surface area contributed by atoms with E-state index in [1.807, 2.05) is 19.9 Å². The van der Waals surface area contributed by atoms with E-state index in [0.29, 0.717) is 10.7 Å². The fourth-order valence-corrected chi connectivity index (χ4v) is 3.24. The number of carbonyl (C=O) groups excluding carboxylic acids is 1. The number of fused-ring (bicyclic) bond motifs is 1. The van der Waals surface area contributed by atoms with Crippen molar-refractivity contribution in [3.05, 3.63) is 52.3 Å². The van der Waals surface area contributed by atoms with Gasteiger partial charge < -0.3 is 0 Å². The first-order valence-corrected chi connectivity index (χ1v) is 7.54. The van der Waals surface area contributed by atoms with Crippen molar-refractivity contribution in [3.8, 4) is 0 Å². The zero-order valence-corrected chi connectivity index (χ0v) is 13.0. The van der Waals surface area contributed by atoms with Crippen LogP contribution in [0, 0.1) is 13.8 Å². The minimum atomic E-state index is -0.303. The number of aromatic nitrogens is 2. The summed E-state index contributed by atoms with van der Waals surface area (Å²) in [7, 11) is 0. The summed E-state index contributed by atoms with van der Waals surface area (Å²) in [4.78, 5) is 20.6. The maximum atomic E-state index is 12.2. The highest BCUT2D eigenvalue weighted by molar-refractivity contribution is 7.22. The van der Waals surface area contributed by atoms with Crippen LogP contribution in [0.1, 0.15) is 21.5 Å². The van der Waals surface area contributed by atoms with E-state index in [0.717, 1.165) is 21.3 Å². The average Bonchev–Trinajstić information content (AvgIpc) is 2.88. The zero-order valence-electron chi connectivity index (χ0n) is 11.5. The molecule has 2 aromatic heterocycles. The highest BCUT2D eigenvalue weighted by Crippen LogP contribution is 2.31. The molecule has 0 atom stereocenters. The minimum Gasteiger partial charge on any atom is -0.298 e. The van der Waals surface area contributed by atoms with Crippen LogP contribution in [-0.4, -0.2) is 15.9 Å². The molecule has 21 heavy (non-hydrogen) atoms. The maximum Gasteiger partial charge on any atom is 0.260 e. The lowest BCUT2D eigenvalue weighted by Crippen LogP contribution is -2.12. The van der Waals surface area contributed by atoms with Crippen LogP contribution in [0.4, 0.5) is 5.13 Å². The molecule has 1 N–H and O–H groups in total. The van der Waals surface area contributed by atoms with Gasteiger partial charge in [-0.2, -0.15) is 0 Å². The first-order valence-electron chi connectivity index (χ1n) is 6.35. The molecular formula is C15H12ClN3OS. The van der Waals surface area contributed by atoms with E-state index in [9.17, 15) is 4.79 Å². The predicted octanol–water partition coefficient (Wildman–Crippen LogP) is 4.21. The third kappa shape index (κ3) is 2.62. The number of benzene rings is 1. The molecule has 3 aromatic rings. The third-order valence-electron chi connectivity index (χ3n) is 3.17. The Morgan fingerprint density at radius 1 is 1.24 bits per heavy atom. The predicted molar refractivity (Wildman–Crippen MR) is 86.3 cm³/mol. The van der Waals surface area contributed by atoms with Crippen molar-refractivity contribution >= 4 is 44.2 Å². The van der Waals surface area contributed by atoms with Gasteiger partial charge >= 0.3 is 0 Å². The molecule has 6 heteroatoms. The summed E-state index contributed by atoms with van der Waals surface area (Å²) in [6.07, 6.45) is 1.55. The van der Waals surface area contributed by atoms with Crippen LogP contribution in [0.2, 0.25) is 5.15 Å². The Morgan fingerprint density at radius 2 is 2.00 bits per heavy atom. The standard InChI is InChI=1S/C15H12ClN3OS/c1-8-5-6-9(2)12-11(8)18-15(21-12)19-14(20)10-4-3-7-17-13(10)16/h3-7H,1-2H3,(H,18,19,20). The summed E-state index contributed by atoms with van der Waals surface area (Å²) in [5.41, 5.74) is 3.50. The molecule has 1 amide bonds. The van der Waals surface area contributed by atoms with E-state index < -0.39 is 0 Å². The second-order valence-electron chi connectivity index (χ2n) is 4.69. The van der Waals surface area contributed by atoms with Crippen LogP contribution in [0.15, 0.2) is 30.5 Å². The Morgan fingerprint density at radius 3 is 2.71 bits per heavy atom. The van der Waals surface area contributed by atoms with Crippen molar-refractivity contribution in [2.24, 2.45) is 0 Å². The number of rotatable bonds is 2. The van der Waals surface area contributed by atoms with Crippen LogP contribution < -0.4 is 5.32 Å². The van der Waals surface area contributed by atoms with Gasteiger partial charge in [0, 0.05) is 6.20 Å². The average molecular weight is 318 g/mol. The first kappa shape index (κ1) is 14.0. The molecule has 0 unspecified atom stereocenters. The van der Waals surface area contributed by atoms with Gasteiger partial charge in [0.05, 0.1) is 15.8 Å². The topological polar surface area (TPSA) is 54.9 Å². The molecule has 0 aliphatic carbocycles. The molecule has 4 nitrogen and oxygen atoms in total. The number of pyridine rings is 1. The van der Waals surface area contributed by atoms with Gasteiger partial charge in [-0.1, -0.05) is 35.1 Å². The number of hydrogen-bond donors (Lipinski definition) is 1. The van der Waals surface area contributed by atoms with Crippen molar-refractivity contribution in [1.82, 2.24) is 9.97 Å². The van der Waals surface area contributed by atoms with E-state index >= 15 is 0 Å². The Balaban J connectivity index is 1.96. The maximum absolute atomic E-state index is 12.2. The van der Waals surface area contributed by atoms with Crippen LogP contribution in [-0.2, 0) is 0 Å². The molecule has 1 aromatic carbocycles. The lowest BCUT2D eigenvalue weighted by molar-refractivity contribution is 0.102. The summed E-state index contributed by atoms with van der Waals surface area (Å²) in [6.45, 7) is 4.04. The second kappa shape index (κ2) is 5.42. The van der Waals surface area contributed by atoms with Gasteiger partial charge in [0.25, 0.3) is 5.91 Å². The molecule has 0 saturated heterocycles. The van der Waals surface area contributed by atoms with Gasteiger partial charge in [-0.05, 0) is 37.1 Å². The van der Waals surface area contributed by atoms with Gasteiger partial charge in [-0.15, -0.1) is 0 Å². The lowest BCUT2D eigenvalue weighted by Gasteiger charge is -2.02. The molecule has 0 bridgehead atoms. The summed E-state index contributed by atoms with van der Waals surface area (Å²) in [5, 5.41) is 3.53. The Bertz CT molecular complexity index is 805. The van der Waals surface area contributed by atoms with E-state index in [4.69, 9.17) is 11.6 Å². The fourth-order valence-electron chi connectivity index (χ4n) is 2.03. The minimum absolute atomic E-state index is 0.184. The number of anilines is 1. The lowest BCUT2D eigenvalue weighted by atomic mass is 10.1. The van der Waals surface area contributed by atoms with E-state index in [1.165, 1.54) is 11.3 Å². The van der Waals surface area contributed by atoms with Crippen LogP contribution in [0.25, 0.3) is 10.2 Å². The second-order valence-corrected chi connectivity index (χ2v) is 6.05. The highest BCUT2D eigenvalue weighted by Gasteiger charge is 2.14. The molecule has 106 valence electrons. The number of hydrogen-bond acceptors (Lipinski definition) is 4. The van der Waals surface area contributed by atoms with E-state index in [2.05, 4.69) is 21.4 Å². The Kier molecular flexibility index (Phi) is 3.61. The summed E-state index contributed by atoms with van der Waals surface area (Å²) in [6, 6.07) is 7.39. The van der Waals surface area contributed by atoms with Gasteiger partial charge in [0.2, 0.25) is 0 Å². The molecule has 0 spiro atoms. The summed E-state index contributed by atoms with van der Waals surface area (Å²) < 4.78 is 1.09. The molecule has 3 rings (SSSR count). The normalized spacial score (nSPS) is 10.8. The van der Waals surface area contributed by atoms with E-state index in [-0.39, 0.29) is 11.1 Å². The monoisotopic (exact) mass is 317 g/mol. The van der Waals surface area contributed by atoms with Gasteiger partial charge in [0.1, 0.15) is 5.15 Å². The molecule has 0 saturated carbocycles. The smallest absolute Gasteiger partial charge is 0.260 e. The van der Waals surface area contributed by atoms with Crippen molar-refractivity contribution < 1.29 is 4.79 Å². The fraction of sp³-hybridized carbons (Fsp3) is 0.133. The largest absolute Gasteiger partial charge is 0.298 e. The van der Waals surface area contributed by atoms with Crippen molar-refractivity contribution in [1.29, 1.82) is 0 Å². The summed E-state index contributed by atoms with van der Waals surface area (Å²) in [5.74, 6) is -0.303. The molecule has 0 aliphatic heterocycles. The Labute approximate surface area is 130 Å². The number of amides is 1. The zero-order chi connectivity index (χ0) is 15.0. The van der Waals surface area contributed by atoms with Crippen molar-refractivity contribution in [3.63, 3.8) is 0 Å². The van der Waals surface area contributed by atoms with Crippen LogP contribution >= 0.6 is 22.9 Å². The van der Waals surface area contributed by atoms with Crippen molar-refractivity contribution in [2.45, 2.75) is 13.8 Å². The quantitative estimate of drug-likeness (QED) is 0.720. The van der Waals surface area contributed by atoms with Crippen molar-refractivity contribution in [2.75, 3.05) is 5.32 Å². The van der Waals surface area contributed by atoms with E-state index in [1.54, 1.807) is 18.3 Å². The van der Waals surface area contributed by atoms with Crippen LogP contribution in [0.3, 0.4) is 0 Å². The molecule has 0 radical (unpaired) electrons. The molecule has 0 aliphatic rings. The number of thiazole rings is 1. The van der Waals surface area contributed by atoms with Gasteiger partial charge in [-0.25, -0.2) is 9.97 Å². The SMILES string of the molecule is Cc1ccc(C)c2sc(NC(=O)c3cccnc3Cl)nc12. The van der Waals surface area contributed by atoms with Gasteiger partial charge in [0.15, 0.2) is 5.13 Å². The van der Waals surface area contributed by atoms with Crippen LogP contribution in [0.5, 0.6) is 0 Å². The number of halogens is 1. The number of carbonyl (C=O) groups is 1. The third-order valence-corrected chi connectivity index (χ3v) is 4.57. The first-order chi connectivity index (χ1) is 10.1. The molecule has 2 heterocycles. The number of nitrogens with zero attached hydrogens (tertiary/aromatic N) is 2.